The molecule has 0 saturated heterocycles. The van der Waals surface area contributed by atoms with Crippen molar-refractivity contribution in [3.63, 3.8) is 0 Å². The summed E-state index contributed by atoms with van der Waals surface area (Å²) in [5.74, 6) is 0.601. The van der Waals surface area contributed by atoms with E-state index in [9.17, 15) is 4.79 Å². The van der Waals surface area contributed by atoms with Crippen molar-refractivity contribution < 1.29 is 9.53 Å². The standard InChI is InChI=1S/C25H27NO2/c1-17-11-14-22(15-12-17)24(21-8-6-5-7-9-21)26-25(27)20(4)28-23-16-18(2)10-13-19(23)3/h5-16,20,24H,1-4H3,(H,26,27)/t20-,24+/m0/s1. The fraction of sp³-hybridized carbons (Fsp3) is 0.240. The summed E-state index contributed by atoms with van der Waals surface area (Å²) in [6.45, 7) is 7.84. The third-order valence-electron chi connectivity index (χ3n) is 4.85. The van der Waals surface area contributed by atoms with Crippen LogP contribution in [0.15, 0.2) is 72.8 Å². The second-order valence-electron chi connectivity index (χ2n) is 7.29. The van der Waals surface area contributed by atoms with E-state index in [2.05, 4.69) is 36.5 Å². The Morgan fingerprint density at radius 1 is 0.821 bits per heavy atom. The molecule has 3 rings (SSSR count). The van der Waals surface area contributed by atoms with Crippen LogP contribution in [-0.4, -0.2) is 12.0 Å². The number of carbonyl (C=O) groups is 1. The Kier molecular flexibility index (Phi) is 6.15. The molecule has 1 amide bonds. The minimum Gasteiger partial charge on any atom is -0.481 e. The number of ether oxygens (including phenoxy) is 1. The van der Waals surface area contributed by atoms with Crippen LogP contribution in [0.25, 0.3) is 0 Å². The third kappa shape index (κ3) is 4.80. The molecule has 3 aromatic carbocycles. The van der Waals surface area contributed by atoms with Gasteiger partial charge in [-0.05, 0) is 56.0 Å². The normalized spacial score (nSPS) is 12.9. The first-order valence-corrected chi connectivity index (χ1v) is 9.60. The third-order valence-corrected chi connectivity index (χ3v) is 4.85. The molecule has 0 unspecified atom stereocenters. The second kappa shape index (κ2) is 8.75. The molecule has 144 valence electrons. The lowest BCUT2D eigenvalue weighted by atomic mass is 9.97. The number of hydrogen-bond acceptors (Lipinski definition) is 2. The van der Waals surface area contributed by atoms with E-state index < -0.39 is 6.10 Å². The Hall–Kier alpha value is -3.07. The average molecular weight is 373 g/mol. The molecule has 0 aromatic heterocycles. The summed E-state index contributed by atoms with van der Waals surface area (Å²) in [6.07, 6.45) is -0.600. The van der Waals surface area contributed by atoms with Crippen molar-refractivity contribution in [3.8, 4) is 5.75 Å². The smallest absolute Gasteiger partial charge is 0.261 e. The highest BCUT2D eigenvalue weighted by Crippen LogP contribution is 2.24. The highest BCUT2D eigenvalue weighted by molar-refractivity contribution is 5.81. The number of rotatable bonds is 6. The van der Waals surface area contributed by atoms with Crippen LogP contribution in [0.4, 0.5) is 0 Å². The number of amides is 1. The summed E-state index contributed by atoms with van der Waals surface area (Å²) in [5.41, 5.74) is 5.40. The van der Waals surface area contributed by atoms with Crippen molar-refractivity contribution in [2.24, 2.45) is 0 Å². The predicted molar refractivity (Wildman–Crippen MR) is 114 cm³/mol. The van der Waals surface area contributed by atoms with Crippen LogP contribution in [0.5, 0.6) is 5.75 Å². The van der Waals surface area contributed by atoms with Gasteiger partial charge in [0, 0.05) is 0 Å². The molecule has 0 bridgehead atoms. The van der Waals surface area contributed by atoms with Crippen LogP contribution in [0.3, 0.4) is 0 Å². The minimum absolute atomic E-state index is 0.143. The summed E-state index contributed by atoms with van der Waals surface area (Å²) < 4.78 is 5.97. The molecule has 0 fully saturated rings. The lowest BCUT2D eigenvalue weighted by molar-refractivity contribution is -0.127. The number of carbonyl (C=O) groups excluding carboxylic acids is 1. The highest BCUT2D eigenvalue weighted by Gasteiger charge is 2.22. The SMILES string of the molecule is Cc1ccc([C@H](NC(=O)[C@H](C)Oc2cc(C)ccc2C)c2ccccc2)cc1. The first-order valence-electron chi connectivity index (χ1n) is 9.60. The lowest BCUT2D eigenvalue weighted by Gasteiger charge is -2.23. The van der Waals surface area contributed by atoms with Crippen molar-refractivity contribution in [1.29, 1.82) is 0 Å². The minimum atomic E-state index is -0.600. The van der Waals surface area contributed by atoms with E-state index in [1.807, 2.05) is 62.4 Å². The second-order valence-corrected chi connectivity index (χ2v) is 7.29. The van der Waals surface area contributed by atoms with Crippen LogP contribution >= 0.6 is 0 Å². The topological polar surface area (TPSA) is 38.3 Å². The fourth-order valence-corrected chi connectivity index (χ4v) is 3.10. The average Bonchev–Trinajstić information content (AvgIpc) is 2.70. The molecular formula is C25H27NO2. The van der Waals surface area contributed by atoms with E-state index in [1.165, 1.54) is 5.56 Å². The maximum absolute atomic E-state index is 12.9. The molecule has 0 saturated carbocycles. The molecule has 3 heteroatoms. The van der Waals surface area contributed by atoms with Gasteiger partial charge < -0.3 is 10.1 Å². The fourth-order valence-electron chi connectivity index (χ4n) is 3.10. The summed E-state index contributed by atoms with van der Waals surface area (Å²) in [4.78, 5) is 12.9. The van der Waals surface area contributed by atoms with Crippen molar-refractivity contribution in [2.45, 2.75) is 39.8 Å². The number of hydrogen-bond donors (Lipinski definition) is 1. The summed E-state index contributed by atoms with van der Waals surface area (Å²) in [7, 11) is 0. The molecule has 0 radical (unpaired) electrons. The molecule has 3 nitrogen and oxygen atoms in total. The van der Waals surface area contributed by atoms with Gasteiger partial charge in [-0.2, -0.15) is 0 Å². The zero-order chi connectivity index (χ0) is 20.1. The molecule has 3 aromatic rings. The monoisotopic (exact) mass is 373 g/mol. The van der Waals surface area contributed by atoms with Gasteiger partial charge in [0.25, 0.3) is 5.91 Å². The molecular weight excluding hydrogens is 346 g/mol. The highest BCUT2D eigenvalue weighted by atomic mass is 16.5. The van der Waals surface area contributed by atoms with Gasteiger partial charge in [0.15, 0.2) is 6.10 Å². The van der Waals surface area contributed by atoms with Crippen molar-refractivity contribution in [1.82, 2.24) is 5.32 Å². The Balaban J connectivity index is 1.80. The summed E-state index contributed by atoms with van der Waals surface area (Å²) >= 11 is 0. The van der Waals surface area contributed by atoms with Gasteiger partial charge in [-0.15, -0.1) is 0 Å². The van der Waals surface area contributed by atoms with Gasteiger partial charge in [0.2, 0.25) is 0 Å². The lowest BCUT2D eigenvalue weighted by Crippen LogP contribution is -2.39. The van der Waals surface area contributed by atoms with Gasteiger partial charge in [0.1, 0.15) is 5.75 Å². The van der Waals surface area contributed by atoms with Crippen molar-refractivity contribution in [2.75, 3.05) is 0 Å². The van der Waals surface area contributed by atoms with Crippen LogP contribution in [-0.2, 0) is 4.79 Å². The Morgan fingerprint density at radius 3 is 2.11 bits per heavy atom. The largest absolute Gasteiger partial charge is 0.481 e. The van der Waals surface area contributed by atoms with Crippen LogP contribution in [0.1, 0.15) is 40.8 Å². The van der Waals surface area contributed by atoms with E-state index >= 15 is 0 Å². The van der Waals surface area contributed by atoms with Gasteiger partial charge in [-0.3, -0.25) is 4.79 Å². The van der Waals surface area contributed by atoms with Crippen LogP contribution in [0, 0.1) is 20.8 Å². The first kappa shape index (κ1) is 19.7. The maximum Gasteiger partial charge on any atom is 0.261 e. The number of benzene rings is 3. The van der Waals surface area contributed by atoms with Crippen LogP contribution in [0.2, 0.25) is 0 Å². The maximum atomic E-state index is 12.9. The van der Waals surface area contributed by atoms with Crippen molar-refractivity contribution in [3.05, 3.63) is 101 Å². The zero-order valence-corrected chi connectivity index (χ0v) is 16.9. The summed E-state index contributed by atoms with van der Waals surface area (Å²) in [6, 6.07) is 24.0. The molecule has 0 aliphatic rings. The van der Waals surface area contributed by atoms with E-state index in [0.717, 1.165) is 28.0 Å². The van der Waals surface area contributed by atoms with Crippen molar-refractivity contribution >= 4 is 5.91 Å². The van der Waals surface area contributed by atoms with Gasteiger partial charge >= 0.3 is 0 Å². The molecule has 1 N–H and O–H groups in total. The number of nitrogens with one attached hydrogen (secondary N) is 1. The Bertz CT molecular complexity index is 933. The zero-order valence-electron chi connectivity index (χ0n) is 16.9. The number of aryl methyl sites for hydroxylation is 3. The molecule has 2 atom stereocenters. The van der Waals surface area contributed by atoms with Gasteiger partial charge in [-0.25, -0.2) is 0 Å². The van der Waals surface area contributed by atoms with Gasteiger partial charge in [0.05, 0.1) is 6.04 Å². The quantitative estimate of drug-likeness (QED) is 0.638. The Morgan fingerprint density at radius 2 is 1.43 bits per heavy atom. The molecule has 0 heterocycles. The Labute approximate surface area is 167 Å². The van der Waals surface area contributed by atoms with E-state index in [4.69, 9.17) is 4.74 Å². The van der Waals surface area contributed by atoms with E-state index in [1.54, 1.807) is 6.92 Å². The predicted octanol–water partition coefficient (Wildman–Crippen LogP) is 5.28. The van der Waals surface area contributed by atoms with E-state index in [-0.39, 0.29) is 11.9 Å². The molecule has 28 heavy (non-hydrogen) atoms. The first-order chi connectivity index (χ1) is 13.4. The van der Waals surface area contributed by atoms with Crippen LogP contribution < -0.4 is 10.1 Å². The molecule has 0 aliphatic heterocycles. The molecule has 0 aliphatic carbocycles. The van der Waals surface area contributed by atoms with E-state index in [0.29, 0.717) is 0 Å². The van der Waals surface area contributed by atoms with Gasteiger partial charge in [-0.1, -0.05) is 72.3 Å². The molecule has 0 spiro atoms. The summed E-state index contributed by atoms with van der Waals surface area (Å²) in [5, 5.41) is 3.16.